The maximum absolute atomic E-state index is 4.56. The third-order valence-corrected chi connectivity index (χ3v) is 2.71. The average Bonchev–Trinajstić information content (AvgIpc) is 2.40. The van der Waals surface area contributed by atoms with Gasteiger partial charge in [-0.15, -0.1) is 0 Å². The lowest BCUT2D eigenvalue weighted by atomic mass is 10.2. The van der Waals surface area contributed by atoms with E-state index in [1.807, 2.05) is 43.3 Å². The van der Waals surface area contributed by atoms with E-state index in [0.29, 0.717) is 0 Å². The van der Waals surface area contributed by atoms with E-state index in [1.54, 1.807) is 12.4 Å². The Hall–Kier alpha value is -2.29. The molecule has 82 valence electrons. The molecule has 0 spiro atoms. The van der Waals surface area contributed by atoms with Crippen molar-refractivity contribution in [1.29, 1.82) is 0 Å². The number of para-hydroxylation sites is 1. The second-order valence-electron chi connectivity index (χ2n) is 3.89. The van der Waals surface area contributed by atoms with Crippen LogP contribution in [0.25, 0.3) is 22.3 Å². The van der Waals surface area contributed by atoms with Crippen LogP contribution >= 0.6 is 0 Å². The van der Waals surface area contributed by atoms with Crippen LogP contribution in [0.15, 0.2) is 48.8 Å². The lowest BCUT2D eigenvalue weighted by molar-refractivity contribution is 1.15. The summed E-state index contributed by atoms with van der Waals surface area (Å²) in [6, 6.07) is 11.9. The molecule has 17 heavy (non-hydrogen) atoms. The topological polar surface area (TPSA) is 38.7 Å². The number of hydrogen-bond donors (Lipinski definition) is 0. The maximum Gasteiger partial charge on any atom is 0.161 e. The monoisotopic (exact) mass is 221 g/mol. The lowest BCUT2D eigenvalue weighted by Gasteiger charge is -2.04. The molecule has 0 amide bonds. The molecule has 0 saturated heterocycles. The highest BCUT2D eigenvalue weighted by Crippen LogP contribution is 2.20. The number of pyridine rings is 1. The Kier molecular flexibility index (Phi) is 2.29. The van der Waals surface area contributed by atoms with Gasteiger partial charge in [0.2, 0.25) is 0 Å². The van der Waals surface area contributed by atoms with Crippen LogP contribution < -0.4 is 0 Å². The summed E-state index contributed by atoms with van der Waals surface area (Å²) in [6.07, 6.45) is 3.53. The normalized spacial score (nSPS) is 10.6. The number of rotatable bonds is 1. The van der Waals surface area contributed by atoms with Crippen LogP contribution in [0.3, 0.4) is 0 Å². The molecule has 3 rings (SSSR count). The van der Waals surface area contributed by atoms with Crippen molar-refractivity contribution in [3.8, 4) is 11.4 Å². The standard InChI is InChI=1S/C14H11N3/c1-10-12-6-2-3-7-13(12)17-14(16-10)11-5-4-8-15-9-11/h2-9H,1H3. The second-order valence-corrected chi connectivity index (χ2v) is 3.89. The molecule has 0 aliphatic rings. The second kappa shape index (κ2) is 3.94. The summed E-state index contributed by atoms with van der Waals surface area (Å²) in [7, 11) is 0. The van der Waals surface area contributed by atoms with Gasteiger partial charge in [0.05, 0.1) is 5.52 Å². The van der Waals surface area contributed by atoms with Gasteiger partial charge in [0.25, 0.3) is 0 Å². The fourth-order valence-electron chi connectivity index (χ4n) is 1.86. The van der Waals surface area contributed by atoms with E-state index >= 15 is 0 Å². The number of benzene rings is 1. The van der Waals surface area contributed by atoms with Crippen LogP contribution in [0.2, 0.25) is 0 Å². The van der Waals surface area contributed by atoms with Crippen molar-refractivity contribution in [3.63, 3.8) is 0 Å². The number of aryl methyl sites for hydroxylation is 1. The predicted molar refractivity (Wildman–Crippen MR) is 67.5 cm³/mol. The molecule has 3 heteroatoms. The van der Waals surface area contributed by atoms with Crippen LogP contribution in [0.4, 0.5) is 0 Å². The fraction of sp³-hybridized carbons (Fsp3) is 0.0714. The van der Waals surface area contributed by atoms with Crippen LogP contribution in [0, 0.1) is 6.92 Å². The van der Waals surface area contributed by atoms with Gasteiger partial charge in [0, 0.05) is 29.0 Å². The SMILES string of the molecule is Cc1nc(-c2cccnc2)nc2ccccc12. The van der Waals surface area contributed by atoms with Crippen molar-refractivity contribution in [2.45, 2.75) is 6.92 Å². The van der Waals surface area contributed by atoms with Crippen LogP contribution in [0.5, 0.6) is 0 Å². The summed E-state index contributed by atoms with van der Waals surface area (Å²) in [4.78, 5) is 13.2. The Morgan fingerprint density at radius 3 is 2.65 bits per heavy atom. The minimum Gasteiger partial charge on any atom is -0.264 e. The molecule has 2 heterocycles. The molecular weight excluding hydrogens is 210 g/mol. The number of aromatic nitrogens is 3. The predicted octanol–water partition coefficient (Wildman–Crippen LogP) is 3.00. The molecule has 0 bridgehead atoms. The highest BCUT2D eigenvalue weighted by Gasteiger charge is 2.05. The zero-order valence-corrected chi connectivity index (χ0v) is 9.46. The third kappa shape index (κ3) is 1.76. The van der Waals surface area contributed by atoms with Gasteiger partial charge in [0.1, 0.15) is 0 Å². The Labute approximate surface area is 99.2 Å². The number of nitrogens with zero attached hydrogens (tertiary/aromatic N) is 3. The van der Waals surface area contributed by atoms with Gasteiger partial charge in [0.15, 0.2) is 5.82 Å². The summed E-state index contributed by atoms with van der Waals surface area (Å²) >= 11 is 0. The lowest BCUT2D eigenvalue weighted by Crippen LogP contribution is -1.94. The Bertz CT molecular complexity index is 663. The summed E-state index contributed by atoms with van der Waals surface area (Å²) in [5, 5.41) is 1.10. The molecule has 1 aromatic carbocycles. The van der Waals surface area contributed by atoms with Crippen LogP contribution in [-0.4, -0.2) is 15.0 Å². The molecule has 0 atom stereocenters. The largest absolute Gasteiger partial charge is 0.264 e. The van der Waals surface area contributed by atoms with Gasteiger partial charge in [-0.1, -0.05) is 18.2 Å². The first-order valence-electron chi connectivity index (χ1n) is 5.48. The van der Waals surface area contributed by atoms with Gasteiger partial charge in [-0.3, -0.25) is 4.98 Å². The number of fused-ring (bicyclic) bond motifs is 1. The molecular formula is C14H11N3. The van der Waals surface area contributed by atoms with Gasteiger partial charge in [-0.2, -0.15) is 0 Å². The molecule has 3 aromatic rings. The van der Waals surface area contributed by atoms with Crippen molar-refractivity contribution < 1.29 is 0 Å². The average molecular weight is 221 g/mol. The minimum absolute atomic E-state index is 0.731. The smallest absolute Gasteiger partial charge is 0.161 e. The first-order chi connectivity index (χ1) is 8.34. The zero-order chi connectivity index (χ0) is 11.7. The Balaban J connectivity index is 2.26. The van der Waals surface area contributed by atoms with E-state index in [9.17, 15) is 0 Å². The van der Waals surface area contributed by atoms with E-state index < -0.39 is 0 Å². The Morgan fingerprint density at radius 2 is 1.82 bits per heavy atom. The van der Waals surface area contributed by atoms with Gasteiger partial charge in [-0.25, -0.2) is 9.97 Å². The Morgan fingerprint density at radius 1 is 0.941 bits per heavy atom. The highest BCUT2D eigenvalue weighted by molar-refractivity contribution is 5.82. The van der Waals surface area contributed by atoms with Gasteiger partial charge >= 0.3 is 0 Å². The third-order valence-electron chi connectivity index (χ3n) is 2.71. The zero-order valence-electron chi connectivity index (χ0n) is 9.46. The van der Waals surface area contributed by atoms with Crippen molar-refractivity contribution in [1.82, 2.24) is 15.0 Å². The summed E-state index contributed by atoms with van der Waals surface area (Å²) in [5.41, 5.74) is 2.91. The van der Waals surface area contributed by atoms with Crippen molar-refractivity contribution in [2.24, 2.45) is 0 Å². The van der Waals surface area contributed by atoms with E-state index in [0.717, 1.165) is 28.0 Å². The molecule has 0 saturated carbocycles. The molecule has 0 aliphatic carbocycles. The van der Waals surface area contributed by atoms with E-state index in [-0.39, 0.29) is 0 Å². The quantitative estimate of drug-likeness (QED) is 0.634. The maximum atomic E-state index is 4.56. The highest BCUT2D eigenvalue weighted by atomic mass is 14.9. The fourth-order valence-corrected chi connectivity index (χ4v) is 1.86. The van der Waals surface area contributed by atoms with Crippen molar-refractivity contribution in [3.05, 3.63) is 54.5 Å². The molecule has 3 nitrogen and oxygen atoms in total. The summed E-state index contributed by atoms with van der Waals surface area (Å²) in [6.45, 7) is 2.00. The van der Waals surface area contributed by atoms with Gasteiger partial charge < -0.3 is 0 Å². The van der Waals surface area contributed by atoms with E-state index in [1.165, 1.54) is 0 Å². The van der Waals surface area contributed by atoms with Crippen LogP contribution in [-0.2, 0) is 0 Å². The van der Waals surface area contributed by atoms with Gasteiger partial charge in [-0.05, 0) is 25.1 Å². The molecule has 0 radical (unpaired) electrons. The summed E-state index contributed by atoms with van der Waals surface area (Å²) < 4.78 is 0. The van der Waals surface area contributed by atoms with E-state index in [2.05, 4.69) is 15.0 Å². The molecule has 2 aromatic heterocycles. The number of hydrogen-bond acceptors (Lipinski definition) is 3. The molecule has 0 aliphatic heterocycles. The minimum atomic E-state index is 0.731. The summed E-state index contributed by atoms with van der Waals surface area (Å²) in [5.74, 6) is 0.731. The molecule has 0 unspecified atom stereocenters. The van der Waals surface area contributed by atoms with Crippen LogP contribution in [0.1, 0.15) is 5.69 Å². The van der Waals surface area contributed by atoms with E-state index in [4.69, 9.17) is 0 Å². The molecule has 0 N–H and O–H groups in total. The molecule has 0 fully saturated rings. The first kappa shape index (κ1) is 9.90. The first-order valence-corrected chi connectivity index (χ1v) is 5.48. The van der Waals surface area contributed by atoms with Crippen molar-refractivity contribution >= 4 is 10.9 Å². The van der Waals surface area contributed by atoms with Crippen molar-refractivity contribution in [2.75, 3.05) is 0 Å².